The first-order chi connectivity index (χ1) is 16.1. The van der Waals surface area contributed by atoms with E-state index in [-0.39, 0.29) is 11.7 Å². The molecular weight excluding hydrogens is 437 g/mol. The molecule has 0 amide bonds. The van der Waals surface area contributed by atoms with Gasteiger partial charge in [-0.2, -0.15) is 0 Å². The molecule has 1 aliphatic heterocycles. The molecule has 3 nitrogen and oxygen atoms in total. The lowest BCUT2D eigenvalue weighted by atomic mass is 9.87. The number of hydrogen-bond acceptors (Lipinski definition) is 3. The monoisotopic (exact) mass is 461 g/mol. The van der Waals surface area contributed by atoms with E-state index in [0.717, 1.165) is 51.7 Å². The van der Waals surface area contributed by atoms with E-state index in [1.54, 1.807) is 6.92 Å². The number of nitrogens with zero attached hydrogens (tertiary/aromatic N) is 1. The Morgan fingerprint density at radius 2 is 1.79 bits per heavy atom. The predicted octanol–water partition coefficient (Wildman–Crippen LogP) is 7.48. The maximum absolute atomic E-state index is 14.1. The topological polar surface area (TPSA) is 31.4 Å². The highest BCUT2D eigenvalue weighted by Gasteiger charge is 2.24. The molecule has 2 heterocycles. The molecule has 0 bridgehead atoms. The minimum absolute atomic E-state index is 0.214. The summed E-state index contributed by atoms with van der Waals surface area (Å²) < 4.78 is 25.7. The zero-order valence-corrected chi connectivity index (χ0v) is 19.2. The Kier molecular flexibility index (Phi) is 6.30. The third-order valence-electron chi connectivity index (χ3n) is 6.26. The van der Waals surface area contributed by atoms with Gasteiger partial charge in [-0.1, -0.05) is 48.0 Å². The molecule has 3 aromatic carbocycles. The molecule has 1 fully saturated rings. The van der Waals surface area contributed by atoms with E-state index in [4.69, 9.17) is 26.1 Å². The number of rotatable bonds is 5. The molecule has 1 saturated heterocycles. The average Bonchev–Trinajstić information content (AvgIpc) is 2.86. The quantitative estimate of drug-likeness (QED) is 0.289. The van der Waals surface area contributed by atoms with E-state index >= 15 is 0 Å². The van der Waals surface area contributed by atoms with Gasteiger partial charge in [0.1, 0.15) is 23.3 Å². The molecule has 1 aromatic heterocycles. The summed E-state index contributed by atoms with van der Waals surface area (Å²) in [6, 6.07) is 21.2. The van der Waals surface area contributed by atoms with Crippen molar-refractivity contribution in [3.63, 3.8) is 0 Å². The Bertz CT molecular complexity index is 1290. The van der Waals surface area contributed by atoms with Crippen LogP contribution in [0.15, 0.2) is 66.7 Å². The molecule has 0 N–H and O–H groups in total. The van der Waals surface area contributed by atoms with Crippen molar-refractivity contribution in [3.8, 4) is 16.9 Å². The van der Waals surface area contributed by atoms with Crippen molar-refractivity contribution in [1.82, 2.24) is 4.98 Å². The van der Waals surface area contributed by atoms with Crippen LogP contribution in [0, 0.1) is 12.7 Å². The molecule has 168 valence electrons. The summed E-state index contributed by atoms with van der Waals surface area (Å²) in [5.74, 6) is 0.763. The van der Waals surface area contributed by atoms with Crippen molar-refractivity contribution in [3.05, 3.63) is 94.5 Å². The van der Waals surface area contributed by atoms with Gasteiger partial charge in [0.05, 0.1) is 5.69 Å². The average molecular weight is 462 g/mol. The number of aromatic nitrogens is 1. The first-order valence-electron chi connectivity index (χ1n) is 11.2. The summed E-state index contributed by atoms with van der Waals surface area (Å²) in [4.78, 5) is 4.87. The van der Waals surface area contributed by atoms with Crippen LogP contribution < -0.4 is 4.74 Å². The highest BCUT2D eigenvalue weighted by molar-refractivity contribution is 6.35. The normalized spacial score (nSPS) is 14.5. The fourth-order valence-electron chi connectivity index (χ4n) is 4.47. The van der Waals surface area contributed by atoms with Gasteiger partial charge in [-0.3, -0.25) is 0 Å². The van der Waals surface area contributed by atoms with Gasteiger partial charge in [-0.15, -0.1) is 0 Å². The first-order valence-corrected chi connectivity index (χ1v) is 11.6. The number of ether oxygens (including phenoxy) is 2. The molecule has 0 saturated carbocycles. The molecule has 33 heavy (non-hydrogen) atoms. The van der Waals surface area contributed by atoms with Gasteiger partial charge >= 0.3 is 0 Å². The zero-order valence-electron chi connectivity index (χ0n) is 18.5. The van der Waals surface area contributed by atoms with Crippen LogP contribution in [0.1, 0.15) is 35.6 Å². The fourth-order valence-corrected chi connectivity index (χ4v) is 4.72. The number of pyridine rings is 1. The molecular formula is C28H25ClFNO2. The van der Waals surface area contributed by atoms with Crippen molar-refractivity contribution in [2.24, 2.45) is 0 Å². The number of benzene rings is 3. The minimum Gasteiger partial charge on any atom is -0.489 e. The summed E-state index contributed by atoms with van der Waals surface area (Å²) >= 11 is 6.73. The minimum atomic E-state index is -0.214. The van der Waals surface area contributed by atoms with Crippen molar-refractivity contribution in [2.75, 3.05) is 13.2 Å². The second-order valence-corrected chi connectivity index (χ2v) is 8.85. The van der Waals surface area contributed by atoms with Crippen LogP contribution in [0.25, 0.3) is 21.9 Å². The number of fused-ring (bicyclic) bond motifs is 1. The molecule has 0 spiro atoms. The van der Waals surface area contributed by atoms with Crippen LogP contribution in [0.5, 0.6) is 5.75 Å². The Morgan fingerprint density at radius 1 is 1.00 bits per heavy atom. The van der Waals surface area contributed by atoms with Crippen LogP contribution in [-0.2, 0) is 11.3 Å². The number of halogens is 2. The molecule has 1 aliphatic rings. The molecule has 0 aliphatic carbocycles. The summed E-state index contributed by atoms with van der Waals surface area (Å²) in [6.45, 7) is 3.67. The zero-order chi connectivity index (χ0) is 22.8. The molecule has 0 radical (unpaired) electrons. The Labute approximate surface area is 198 Å². The largest absolute Gasteiger partial charge is 0.489 e. The summed E-state index contributed by atoms with van der Waals surface area (Å²) in [5.41, 5.74) is 4.62. The van der Waals surface area contributed by atoms with Gasteiger partial charge in [0.15, 0.2) is 0 Å². The van der Waals surface area contributed by atoms with Crippen molar-refractivity contribution >= 4 is 22.4 Å². The van der Waals surface area contributed by atoms with E-state index in [1.165, 1.54) is 6.07 Å². The lowest BCUT2D eigenvalue weighted by Gasteiger charge is -2.25. The number of aryl methyl sites for hydroxylation is 1. The standard InChI is InChI=1S/C28H25ClFNO2/c1-18-15-21(7-10-25(18)30)26-23-9-8-22(33-17-19-5-3-2-4-6-19)16-24(23)28(29)31-27(26)20-11-13-32-14-12-20/h2-10,15-16,20H,11-14,17H2,1H3. The van der Waals surface area contributed by atoms with Crippen molar-refractivity contribution in [1.29, 1.82) is 0 Å². The second kappa shape index (κ2) is 9.50. The fraction of sp³-hybridized carbons (Fsp3) is 0.250. The van der Waals surface area contributed by atoms with Crippen molar-refractivity contribution < 1.29 is 13.9 Å². The van der Waals surface area contributed by atoms with E-state index < -0.39 is 0 Å². The maximum Gasteiger partial charge on any atom is 0.137 e. The third-order valence-corrected chi connectivity index (χ3v) is 6.55. The summed E-state index contributed by atoms with van der Waals surface area (Å²) in [5, 5.41) is 2.28. The molecule has 0 unspecified atom stereocenters. The number of hydrogen-bond donors (Lipinski definition) is 0. The lowest BCUT2D eigenvalue weighted by Crippen LogP contribution is -2.16. The smallest absolute Gasteiger partial charge is 0.137 e. The van der Waals surface area contributed by atoms with Crippen LogP contribution in [-0.4, -0.2) is 18.2 Å². The highest BCUT2D eigenvalue weighted by Crippen LogP contribution is 2.41. The SMILES string of the molecule is Cc1cc(-c2c(C3CCOCC3)nc(Cl)c3cc(OCc4ccccc4)ccc23)ccc1F. The molecule has 5 heteroatoms. The van der Waals surface area contributed by atoms with Gasteiger partial charge in [-0.05, 0) is 72.2 Å². The Balaban J connectivity index is 1.61. The van der Waals surface area contributed by atoms with E-state index in [0.29, 0.717) is 30.5 Å². The molecule has 5 rings (SSSR count). The van der Waals surface area contributed by atoms with Gasteiger partial charge in [0, 0.05) is 30.1 Å². The van der Waals surface area contributed by atoms with Gasteiger partial charge in [0.25, 0.3) is 0 Å². The van der Waals surface area contributed by atoms with Gasteiger partial charge < -0.3 is 9.47 Å². The third kappa shape index (κ3) is 4.59. The van der Waals surface area contributed by atoms with Gasteiger partial charge in [-0.25, -0.2) is 9.37 Å². The summed E-state index contributed by atoms with van der Waals surface area (Å²) in [6.07, 6.45) is 1.78. The Morgan fingerprint density at radius 3 is 2.55 bits per heavy atom. The van der Waals surface area contributed by atoms with E-state index in [2.05, 4.69) is 0 Å². The molecule has 4 aromatic rings. The highest BCUT2D eigenvalue weighted by atomic mass is 35.5. The van der Waals surface area contributed by atoms with Crippen LogP contribution in [0.2, 0.25) is 5.15 Å². The lowest BCUT2D eigenvalue weighted by molar-refractivity contribution is 0.0846. The second-order valence-electron chi connectivity index (χ2n) is 8.50. The summed E-state index contributed by atoms with van der Waals surface area (Å²) in [7, 11) is 0. The van der Waals surface area contributed by atoms with Gasteiger partial charge in [0.2, 0.25) is 0 Å². The van der Waals surface area contributed by atoms with Crippen LogP contribution in [0.4, 0.5) is 4.39 Å². The predicted molar refractivity (Wildman–Crippen MR) is 130 cm³/mol. The van der Waals surface area contributed by atoms with E-state index in [9.17, 15) is 4.39 Å². The van der Waals surface area contributed by atoms with E-state index in [1.807, 2.05) is 60.7 Å². The van der Waals surface area contributed by atoms with Crippen LogP contribution >= 0.6 is 11.6 Å². The van der Waals surface area contributed by atoms with Crippen molar-refractivity contribution in [2.45, 2.75) is 32.3 Å². The maximum atomic E-state index is 14.1. The first kappa shape index (κ1) is 21.9. The van der Waals surface area contributed by atoms with Crippen LogP contribution in [0.3, 0.4) is 0 Å². The Hall–Kier alpha value is -2.95. The molecule has 0 atom stereocenters.